The van der Waals surface area contributed by atoms with Gasteiger partial charge in [0.15, 0.2) is 0 Å². The summed E-state index contributed by atoms with van der Waals surface area (Å²) in [4.78, 5) is 30.8. The van der Waals surface area contributed by atoms with E-state index in [1.807, 2.05) is 0 Å². The van der Waals surface area contributed by atoms with E-state index in [0.717, 1.165) is 30.3 Å². The third-order valence-electron chi connectivity index (χ3n) is 7.06. The Morgan fingerprint density at radius 3 is 1.46 bits per heavy atom. The van der Waals surface area contributed by atoms with Gasteiger partial charge in [-0.15, -0.1) is 39.5 Å². The van der Waals surface area contributed by atoms with Crippen molar-refractivity contribution in [2.45, 2.75) is 46.8 Å². The Morgan fingerprint density at radius 1 is 0.590 bits per heavy atom. The minimum absolute atomic E-state index is 0.0424. The molecule has 0 aliphatic rings. The maximum atomic E-state index is 12.3. The number of aromatic hydroxyl groups is 1. The molecule has 61 heavy (non-hydrogen) atoms. The fourth-order valence-electron chi connectivity index (χ4n) is 4.15. The first-order valence-corrected chi connectivity index (χ1v) is 16.6. The van der Waals surface area contributed by atoms with Crippen molar-refractivity contribution < 1.29 is 78.2 Å². The van der Waals surface area contributed by atoms with Crippen molar-refractivity contribution in [2.75, 3.05) is 11.1 Å². The molecule has 0 saturated carbocycles. The van der Waals surface area contributed by atoms with Crippen LogP contribution in [0.15, 0.2) is 103 Å². The maximum Gasteiger partial charge on any atom is 0.573 e. The summed E-state index contributed by atoms with van der Waals surface area (Å²) in [5, 5.41) is 31.8. The molecule has 0 fully saturated rings. The first kappa shape index (κ1) is 49.7. The van der Waals surface area contributed by atoms with Gasteiger partial charge in [-0.1, -0.05) is 30.3 Å². The number of aryl methyl sites for hydroxylation is 4. The minimum atomic E-state index is -4.85. The fourth-order valence-corrected chi connectivity index (χ4v) is 4.15. The van der Waals surface area contributed by atoms with Gasteiger partial charge in [0.2, 0.25) is 0 Å². The molecule has 0 heterocycles. The van der Waals surface area contributed by atoms with Crippen molar-refractivity contribution in [3.05, 3.63) is 146 Å². The van der Waals surface area contributed by atoms with E-state index >= 15 is 0 Å². The number of nitrogens with one attached hydrogen (secondary N) is 1. The highest BCUT2D eigenvalue weighted by Gasteiger charge is 2.33. The summed E-state index contributed by atoms with van der Waals surface area (Å²) in [7, 11) is 0. The number of ether oxygens (including phenoxy) is 4. The summed E-state index contributed by atoms with van der Waals surface area (Å²) in [5.74, 6) is -0.924. The average molecular weight is 877 g/mol. The van der Waals surface area contributed by atoms with Gasteiger partial charge in [-0.3, -0.25) is 25.5 Å². The number of anilines is 2. The van der Waals surface area contributed by atoms with Gasteiger partial charge in [-0.25, -0.2) is 4.79 Å². The number of carbonyl (C=O) groups is 1. The Kier molecular flexibility index (Phi) is 17.5. The Balaban J connectivity index is 0.000000291. The summed E-state index contributed by atoms with van der Waals surface area (Å²) >= 11 is 0. The number of nitrogens with zero attached hydrogens (tertiary/aromatic N) is 2. The average Bonchev–Trinajstić information content (AvgIpc) is 3.13. The van der Waals surface area contributed by atoms with Crippen LogP contribution in [0.3, 0.4) is 0 Å². The first-order chi connectivity index (χ1) is 28.1. The zero-order chi connectivity index (χ0) is 46.3. The van der Waals surface area contributed by atoms with Crippen molar-refractivity contribution in [1.82, 2.24) is 0 Å². The van der Waals surface area contributed by atoms with Gasteiger partial charge >= 0.3 is 25.2 Å². The van der Waals surface area contributed by atoms with Crippen LogP contribution in [0, 0.1) is 47.9 Å². The number of hydrogen-bond donors (Lipinski definition) is 3. The number of nitro benzene ring substituents is 2. The molecule has 5 aromatic carbocycles. The normalized spacial score (nSPS) is 10.8. The fraction of sp³-hybridized carbons (Fsp3) is 0.184. The van der Waals surface area contributed by atoms with E-state index in [4.69, 9.17) is 15.6 Å². The van der Waals surface area contributed by atoms with E-state index in [0.29, 0.717) is 22.4 Å². The van der Waals surface area contributed by atoms with Gasteiger partial charge in [0.05, 0.1) is 22.0 Å². The molecule has 5 aromatic rings. The number of nitro groups is 2. The number of alkyl halides is 9. The molecule has 23 heteroatoms. The standard InChI is InChI=1S/C15H12F3NO3.C8H6F3NO3.C8H8F3NO.C7H7NO3/c1-10-7-8-11(9-13(10)22-15(16,17)18)19-14(20)21-12-5-3-2-4-6-12;1-5-2-3-6(12(13)14)4-7(5)15-8(9,10)11;1-5-2-3-6(12)4-7(5)13-8(9,10)11;1-5-2-3-6(8(10)11)4-7(5)9/h2-9H,1H3,(H,19,20);2-4H,1H3;2-4H,12H2,1H3;2-4,9H,1H3. The number of para-hydroxylation sites is 1. The number of halogens is 9. The zero-order valence-corrected chi connectivity index (χ0v) is 31.8. The van der Waals surface area contributed by atoms with Gasteiger partial charge in [0.25, 0.3) is 11.4 Å². The Bertz CT molecular complexity index is 2270. The van der Waals surface area contributed by atoms with E-state index in [1.165, 1.54) is 63.2 Å². The number of non-ortho nitro benzene ring substituents is 2. The molecule has 4 N–H and O–H groups in total. The summed E-state index contributed by atoms with van der Waals surface area (Å²) in [6.07, 6.45) is -15.1. The number of rotatable bonds is 7. The number of amides is 1. The lowest BCUT2D eigenvalue weighted by atomic mass is 10.2. The Morgan fingerprint density at radius 2 is 1.00 bits per heavy atom. The largest absolute Gasteiger partial charge is 0.573 e. The topological polar surface area (TPSA) is 199 Å². The van der Waals surface area contributed by atoms with Gasteiger partial charge in [-0.2, -0.15) is 0 Å². The third-order valence-corrected chi connectivity index (χ3v) is 7.06. The summed E-state index contributed by atoms with van der Waals surface area (Å²) in [6.45, 7) is 6.03. The van der Waals surface area contributed by atoms with Crippen LogP contribution < -0.4 is 30.0 Å². The molecular weight excluding hydrogens is 843 g/mol. The second kappa shape index (κ2) is 21.5. The van der Waals surface area contributed by atoms with Crippen molar-refractivity contribution in [3.8, 4) is 28.7 Å². The lowest BCUT2D eigenvalue weighted by Crippen LogP contribution is -2.19. The SMILES string of the molecule is Cc1ccc(N)cc1OC(F)(F)F.Cc1ccc(NC(=O)Oc2ccccc2)cc1OC(F)(F)F.Cc1ccc([N+](=O)[O-])cc1O.Cc1ccc([N+](=O)[O-])cc1OC(F)(F)F. The molecule has 1 amide bonds. The number of phenolic OH excluding ortho intramolecular Hbond substituents is 1. The first-order valence-electron chi connectivity index (χ1n) is 16.6. The number of carbonyl (C=O) groups excluding carboxylic acids is 1. The second-order valence-corrected chi connectivity index (χ2v) is 11.9. The zero-order valence-electron chi connectivity index (χ0n) is 31.8. The molecular formula is C38H33F9N4O10. The summed E-state index contributed by atoms with van der Waals surface area (Å²) < 4.78 is 124. The lowest BCUT2D eigenvalue weighted by Gasteiger charge is -2.13. The van der Waals surface area contributed by atoms with E-state index < -0.39 is 46.5 Å². The van der Waals surface area contributed by atoms with Crippen molar-refractivity contribution in [2.24, 2.45) is 0 Å². The Labute approximate surface area is 339 Å². The monoisotopic (exact) mass is 876 g/mol. The van der Waals surface area contributed by atoms with Crippen molar-refractivity contribution in [1.29, 1.82) is 0 Å². The van der Waals surface area contributed by atoms with Crippen LogP contribution in [-0.4, -0.2) is 40.1 Å². The van der Waals surface area contributed by atoms with Crippen LogP contribution in [0.1, 0.15) is 22.3 Å². The van der Waals surface area contributed by atoms with Gasteiger partial charge in [0, 0.05) is 35.6 Å². The van der Waals surface area contributed by atoms with Crippen molar-refractivity contribution in [3.63, 3.8) is 0 Å². The number of hydrogen-bond acceptors (Lipinski definition) is 11. The molecule has 0 spiro atoms. The van der Waals surface area contributed by atoms with Gasteiger partial charge in [0.1, 0.15) is 28.7 Å². The second-order valence-electron chi connectivity index (χ2n) is 11.9. The van der Waals surface area contributed by atoms with E-state index in [1.54, 1.807) is 37.3 Å². The number of benzene rings is 5. The molecule has 5 rings (SSSR count). The highest BCUT2D eigenvalue weighted by atomic mass is 19.4. The van der Waals surface area contributed by atoms with Gasteiger partial charge in [-0.05, 0) is 86.3 Å². The van der Waals surface area contributed by atoms with E-state index in [2.05, 4.69) is 19.5 Å². The number of nitrogen functional groups attached to an aromatic ring is 1. The molecule has 0 unspecified atom stereocenters. The highest BCUT2D eigenvalue weighted by molar-refractivity contribution is 5.86. The molecule has 0 atom stereocenters. The van der Waals surface area contributed by atoms with E-state index in [9.17, 15) is 64.5 Å². The molecule has 14 nitrogen and oxygen atoms in total. The summed E-state index contributed by atoms with van der Waals surface area (Å²) in [5.41, 5.74) is 6.64. The molecule has 0 aliphatic heterocycles. The maximum absolute atomic E-state index is 12.3. The van der Waals surface area contributed by atoms with E-state index in [-0.39, 0.29) is 39.9 Å². The van der Waals surface area contributed by atoms with Crippen LogP contribution in [0.2, 0.25) is 0 Å². The highest BCUT2D eigenvalue weighted by Crippen LogP contribution is 2.31. The molecule has 0 bridgehead atoms. The van der Waals surface area contributed by atoms with Crippen LogP contribution in [-0.2, 0) is 0 Å². The van der Waals surface area contributed by atoms with Crippen LogP contribution in [0.4, 0.5) is 67.1 Å². The number of nitrogens with two attached hydrogens (primary N) is 1. The molecule has 328 valence electrons. The van der Waals surface area contributed by atoms with Crippen LogP contribution in [0.5, 0.6) is 28.7 Å². The third kappa shape index (κ3) is 19.2. The number of phenols is 1. The molecule has 0 radical (unpaired) electrons. The molecule has 0 saturated heterocycles. The molecule has 0 aliphatic carbocycles. The predicted octanol–water partition coefficient (Wildman–Crippen LogP) is 11.4. The Hall–Kier alpha value is -7.46. The summed E-state index contributed by atoms with van der Waals surface area (Å²) in [6, 6.07) is 23.4. The smallest absolute Gasteiger partial charge is 0.507 e. The van der Waals surface area contributed by atoms with Crippen LogP contribution in [0.25, 0.3) is 0 Å². The lowest BCUT2D eigenvalue weighted by molar-refractivity contribution is -0.385. The molecule has 0 aromatic heterocycles. The van der Waals surface area contributed by atoms with Gasteiger partial charge < -0.3 is 29.8 Å². The quantitative estimate of drug-likeness (QED) is 0.0608. The van der Waals surface area contributed by atoms with Crippen molar-refractivity contribution >= 4 is 28.8 Å². The minimum Gasteiger partial charge on any atom is -0.507 e. The predicted molar refractivity (Wildman–Crippen MR) is 200 cm³/mol. The van der Waals surface area contributed by atoms with Crippen LogP contribution >= 0.6 is 0 Å².